The maximum Gasteiger partial charge on any atom is 0.321 e. The van der Waals surface area contributed by atoms with Gasteiger partial charge in [-0.3, -0.25) is 0 Å². The van der Waals surface area contributed by atoms with Gasteiger partial charge in [-0.25, -0.2) is 14.2 Å². The summed E-state index contributed by atoms with van der Waals surface area (Å²) in [6.45, 7) is 1.10. The number of imidazole rings is 1. The van der Waals surface area contributed by atoms with E-state index in [0.717, 1.165) is 0 Å². The molecule has 0 radical (unpaired) electrons. The van der Waals surface area contributed by atoms with Crippen molar-refractivity contribution < 1.29 is 14.3 Å². The van der Waals surface area contributed by atoms with Crippen LogP contribution in [0.4, 0.5) is 14.9 Å². The fourth-order valence-electron chi connectivity index (χ4n) is 3.06. The molecule has 0 bridgehead atoms. The molecule has 128 valence electrons. The lowest BCUT2D eigenvalue weighted by Gasteiger charge is -2.34. The predicted octanol–water partition coefficient (Wildman–Crippen LogP) is 2.54. The van der Waals surface area contributed by atoms with E-state index in [-0.39, 0.29) is 17.8 Å². The van der Waals surface area contributed by atoms with E-state index in [1.165, 1.54) is 12.1 Å². The van der Waals surface area contributed by atoms with Gasteiger partial charge in [0.15, 0.2) is 0 Å². The van der Waals surface area contributed by atoms with Gasteiger partial charge in [0.2, 0.25) is 0 Å². The maximum atomic E-state index is 13.2. The standard InChI is InChI=1S/C17H21FN4O2/c1-21-10-7-19-16(21)15(23)12-5-8-22(9-6-12)17(24)20-14-4-2-3-13(18)11-14/h2-4,7,10-12,15,23H,5-6,8-9H2,1H3,(H,20,24)/t15-/m0/s1. The number of nitrogens with zero attached hydrogens (tertiary/aromatic N) is 3. The number of nitrogens with one attached hydrogen (secondary N) is 1. The number of rotatable bonds is 3. The number of hydrogen-bond acceptors (Lipinski definition) is 3. The molecule has 1 aliphatic rings. The Morgan fingerprint density at radius 1 is 1.42 bits per heavy atom. The van der Waals surface area contributed by atoms with E-state index in [4.69, 9.17) is 0 Å². The van der Waals surface area contributed by atoms with Crippen molar-refractivity contribution in [3.05, 3.63) is 48.3 Å². The molecule has 0 aliphatic carbocycles. The predicted molar refractivity (Wildman–Crippen MR) is 87.9 cm³/mol. The highest BCUT2D eigenvalue weighted by Crippen LogP contribution is 2.29. The van der Waals surface area contributed by atoms with Gasteiger partial charge >= 0.3 is 6.03 Å². The molecule has 1 saturated heterocycles. The SMILES string of the molecule is Cn1ccnc1[C@@H](O)C1CCN(C(=O)Nc2cccc(F)c2)CC1. The van der Waals surface area contributed by atoms with Gasteiger partial charge in [-0.2, -0.15) is 0 Å². The average Bonchev–Trinajstić information content (AvgIpc) is 3.00. The lowest BCUT2D eigenvalue weighted by atomic mass is 9.91. The molecule has 2 amide bonds. The third-order valence-electron chi connectivity index (χ3n) is 4.47. The van der Waals surface area contributed by atoms with Crippen LogP contribution in [0.2, 0.25) is 0 Å². The van der Waals surface area contributed by atoms with Crippen LogP contribution < -0.4 is 5.32 Å². The highest BCUT2D eigenvalue weighted by atomic mass is 19.1. The molecule has 0 unspecified atom stereocenters. The van der Waals surface area contributed by atoms with Crippen molar-refractivity contribution >= 4 is 11.7 Å². The second-order valence-corrected chi connectivity index (χ2v) is 6.11. The summed E-state index contributed by atoms with van der Waals surface area (Å²) in [6.07, 6.45) is 4.24. The van der Waals surface area contributed by atoms with Gasteiger partial charge in [-0.15, -0.1) is 0 Å². The van der Waals surface area contributed by atoms with Gasteiger partial charge in [0, 0.05) is 38.2 Å². The minimum absolute atomic E-state index is 0.0734. The summed E-state index contributed by atoms with van der Waals surface area (Å²) in [5.41, 5.74) is 0.440. The van der Waals surface area contributed by atoms with Gasteiger partial charge in [-0.05, 0) is 37.0 Å². The third-order valence-corrected chi connectivity index (χ3v) is 4.47. The van der Waals surface area contributed by atoms with E-state index >= 15 is 0 Å². The van der Waals surface area contributed by atoms with Gasteiger partial charge in [0.25, 0.3) is 0 Å². The smallest absolute Gasteiger partial charge is 0.321 e. The molecule has 2 N–H and O–H groups in total. The minimum Gasteiger partial charge on any atom is -0.385 e. The summed E-state index contributed by atoms with van der Waals surface area (Å²) in [4.78, 5) is 18.1. The number of aromatic nitrogens is 2. The second kappa shape index (κ2) is 7.00. The lowest BCUT2D eigenvalue weighted by Crippen LogP contribution is -2.42. The molecular formula is C17H21FN4O2. The zero-order chi connectivity index (χ0) is 17.1. The summed E-state index contributed by atoms with van der Waals surface area (Å²) in [6, 6.07) is 5.58. The Kier molecular flexibility index (Phi) is 4.80. The number of urea groups is 1. The topological polar surface area (TPSA) is 70.4 Å². The Labute approximate surface area is 139 Å². The third kappa shape index (κ3) is 3.56. The summed E-state index contributed by atoms with van der Waals surface area (Å²) < 4.78 is 15.0. The molecule has 6 nitrogen and oxygen atoms in total. The molecule has 24 heavy (non-hydrogen) atoms. The van der Waals surface area contributed by atoms with Gasteiger partial charge in [0.05, 0.1) is 0 Å². The van der Waals surface area contributed by atoms with E-state index in [9.17, 15) is 14.3 Å². The molecule has 2 heterocycles. The van der Waals surface area contributed by atoms with Crippen LogP contribution in [0.5, 0.6) is 0 Å². The normalized spacial score (nSPS) is 16.9. The van der Waals surface area contributed by atoms with E-state index in [0.29, 0.717) is 37.4 Å². The Morgan fingerprint density at radius 3 is 2.79 bits per heavy atom. The fraction of sp³-hybridized carbons (Fsp3) is 0.412. The van der Waals surface area contributed by atoms with Gasteiger partial charge in [0.1, 0.15) is 17.7 Å². The highest BCUT2D eigenvalue weighted by molar-refractivity contribution is 5.89. The molecule has 1 aromatic carbocycles. The first-order valence-electron chi connectivity index (χ1n) is 8.01. The molecule has 2 aromatic rings. The highest BCUT2D eigenvalue weighted by Gasteiger charge is 2.30. The zero-order valence-electron chi connectivity index (χ0n) is 13.5. The number of benzene rings is 1. The Hall–Kier alpha value is -2.41. The monoisotopic (exact) mass is 332 g/mol. The number of hydrogen-bond donors (Lipinski definition) is 2. The van der Waals surface area contributed by atoms with Crippen molar-refractivity contribution in [2.24, 2.45) is 13.0 Å². The average molecular weight is 332 g/mol. The molecule has 0 saturated carbocycles. The summed E-state index contributed by atoms with van der Waals surface area (Å²) >= 11 is 0. The Balaban J connectivity index is 1.55. The number of likely N-dealkylation sites (tertiary alicyclic amines) is 1. The van der Waals surface area contributed by atoms with E-state index in [1.54, 1.807) is 29.4 Å². The number of anilines is 1. The number of halogens is 1. The zero-order valence-corrected chi connectivity index (χ0v) is 13.5. The Morgan fingerprint density at radius 2 is 2.17 bits per heavy atom. The minimum atomic E-state index is -0.626. The summed E-state index contributed by atoms with van der Waals surface area (Å²) in [5, 5.41) is 13.2. The molecular weight excluding hydrogens is 311 g/mol. The number of aryl methyl sites for hydroxylation is 1. The second-order valence-electron chi connectivity index (χ2n) is 6.11. The van der Waals surface area contributed by atoms with Crippen molar-refractivity contribution in [3.8, 4) is 0 Å². The van der Waals surface area contributed by atoms with E-state index in [1.807, 2.05) is 11.6 Å². The molecule has 7 heteroatoms. The molecule has 1 fully saturated rings. The number of amides is 2. The first-order chi connectivity index (χ1) is 11.5. The van der Waals surface area contributed by atoms with Crippen LogP contribution in [0.1, 0.15) is 24.8 Å². The van der Waals surface area contributed by atoms with Crippen molar-refractivity contribution in [3.63, 3.8) is 0 Å². The van der Waals surface area contributed by atoms with Gasteiger partial charge in [-0.1, -0.05) is 6.07 Å². The van der Waals surface area contributed by atoms with Crippen LogP contribution >= 0.6 is 0 Å². The number of piperidine rings is 1. The van der Waals surface area contributed by atoms with Crippen LogP contribution in [0.3, 0.4) is 0 Å². The fourth-order valence-corrected chi connectivity index (χ4v) is 3.06. The largest absolute Gasteiger partial charge is 0.385 e. The van der Waals surface area contributed by atoms with Crippen molar-refractivity contribution in [2.75, 3.05) is 18.4 Å². The molecule has 1 aliphatic heterocycles. The lowest BCUT2D eigenvalue weighted by molar-refractivity contribution is 0.0600. The van der Waals surface area contributed by atoms with Crippen LogP contribution in [0.15, 0.2) is 36.7 Å². The summed E-state index contributed by atoms with van der Waals surface area (Å²) in [5.74, 6) is 0.340. The maximum absolute atomic E-state index is 13.2. The van der Waals surface area contributed by atoms with Gasteiger partial charge < -0.3 is 19.9 Å². The number of carbonyl (C=O) groups excluding carboxylic acids is 1. The van der Waals surface area contributed by atoms with Crippen LogP contribution in [0.25, 0.3) is 0 Å². The summed E-state index contributed by atoms with van der Waals surface area (Å²) in [7, 11) is 1.85. The number of carbonyl (C=O) groups is 1. The van der Waals surface area contributed by atoms with Crippen molar-refractivity contribution in [2.45, 2.75) is 18.9 Å². The first-order valence-corrected chi connectivity index (χ1v) is 8.01. The van der Waals surface area contributed by atoms with E-state index in [2.05, 4.69) is 10.3 Å². The van der Waals surface area contributed by atoms with E-state index < -0.39 is 6.10 Å². The van der Waals surface area contributed by atoms with Crippen molar-refractivity contribution in [1.29, 1.82) is 0 Å². The first kappa shape index (κ1) is 16.4. The van der Waals surface area contributed by atoms with Crippen LogP contribution in [0, 0.1) is 11.7 Å². The quantitative estimate of drug-likeness (QED) is 0.907. The van der Waals surface area contributed by atoms with Crippen LogP contribution in [-0.2, 0) is 7.05 Å². The van der Waals surface area contributed by atoms with Crippen molar-refractivity contribution in [1.82, 2.24) is 14.5 Å². The molecule has 1 aromatic heterocycles. The number of aliphatic hydroxyl groups is 1. The molecule has 1 atom stereocenters. The Bertz CT molecular complexity index is 710. The number of aliphatic hydroxyl groups excluding tert-OH is 1. The molecule has 3 rings (SSSR count). The van der Waals surface area contributed by atoms with Crippen LogP contribution in [-0.4, -0.2) is 38.7 Å². The molecule has 0 spiro atoms.